The molecule has 1 aromatic rings. The lowest BCUT2D eigenvalue weighted by atomic mass is 10.0. The minimum atomic E-state index is -0.144. The summed E-state index contributed by atoms with van der Waals surface area (Å²) < 4.78 is 1.48. The lowest BCUT2D eigenvalue weighted by molar-refractivity contribution is -0.133. The predicted molar refractivity (Wildman–Crippen MR) is 60.9 cm³/mol. The van der Waals surface area contributed by atoms with E-state index in [9.17, 15) is 4.79 Å². The lowest BCUT2D eigenvalue weighted by Crippen LogP contribution is -2.40. The molecule has 6 nitrogen and oxygen atoms in total. The Labute approximate surface area is 100 Å². The van der Waals surface area contributed by atoms with E-state index in [1.165, 1.54) is 11.1 Å². The first kappa shape index (κ1) is 12.0. The summed E-state index contributed by atoms with van der Waals surface area (Å²) in [7, 11) is 0. The summed E-state index contributed by atoms with van der Waals surface area (Å²) in [5, 5.41) is 16.4. The molecule has 0 bridgehead atoms. The molecular weight excluding hydrogens is 220 g/mol. The number of carbonyl (C=O) groups is 1. The maximum absolute atomic E-state index is 12.0. The van der Waals surface area contributed by atoms with Crippen molar-refractivity contribution in [1.82, 2.24) is 19.9 Å². The van der Waals surface area contributed by atoms with Crippen LogP contribution in [0.5, 0.6) is 0 Å². The van der Waals surface area contributed by atoms with E-state index in [1.54, 1.807) is 6.20 Å². The monoisotopic (exact) mass is 238 g/mol. The van der Waals surface area contributed by atoms with E-state index in [0.29, 0.717) is 11.6 Å². The minimum Gasteiger partial charge on any atom is -0.390 e. The Morgan fingerprint density at radius 1 is 1.65 bits per heavy atom. The van der Waals surface area contributed by atoms with Crippen LogP contribution in [0.1, 0.15) is 25.5 Å². The fourth-order valence-electron chi connectivity index (χ4n) is 2.14. The van der Waals surface area contributed by atoms with Gasteiger partial charge in [0, 0.05) is 13.1 Å². The van der Waals surface area contributed by atoms with E-state index < -0.39 is 0 Å². The Hall–Kier alpha value is -1.43. The number of hydrogen-bond acceptors (Lipinski definition) is 4. The summed E-state index contributed by atoms with van der Waals surface area (Å²) in [6, 6.07) is 0. The minimum absolute atomic E-state index is 0.0749. The van der Waals surface area contributed by atoms with Crippen molar-refractivity contribution in [2.75, 3.05) is 13.1 Å². The molecule has 2 rings (SSSR count). The van der Waals surface area contributed by atoms with Gasteiger partial charge in [-0.05, 0) is 18.8 Å². The second-order valence-corrected chi connectivity index (χ2v) is 4.65. The third kappa shape index (κ3) is 3.03. The van der Waals surface area contributed by atoms with Crippen LogP contribution in [0.25, 0.3) is 0 Å². The number of carbonyl (C=O) groups excluding carboxylic acids is 1. The molecule has 0 saturated carbocycles. The van der Waals surface area contributed by atoms with Gasteiger partial charge < -0.3 is 10.0 Å². The number of amides is 1. The largest absolute Gasteiger partial charge is 0.390 e. The van der Waals surface area contributed by atoms with E-state index in [2.05, 4.69) is 17.2 Å². The second kappa shape index (κ2) is 5.27. The molecular formula is C11H18N4O2. The van der Waals surface area contributed by atoms with Gasteiger partial charge in [0.05, 0.1) is 12.8 Å². The summed E-state index contributed by atoms with van der Waals surface area (Å²) >= 11 is 0. The van der Waals surface area contributed by atoms with Crippen LogP contribution >= 0.6 is 0 Å². The quantitative estimate of drug-likeness (QED) is 0.806. The van der Waals surface area contributed by atoms with Gasteiger partial charge in [-0.2, -0.15) is 0 Å². The molecule has 1 aliphatic rings. The van der Waals surface area contributed by atoms with Gasteiger partial charge in [-0.25, -0.2) is 4.68 Å². The highest BCUT2D eigenvalue weighted by Crippen LogP contribution is 2.15. The molecule has 17 heavy (non-hydrogen) atoms. The number of hydrogen-bond donors (Lipinski definition) is 1. The molecule has 1 saturated heterocycles. The van der Waals surface area contributed by atoms with Crippen LogP contribution in [0.2, 0.25) is 0 Å². The lowest BCUT2D eigenvalue weighted by Gasteiger charge is -2.30. The molecule has 0 radical (unpaired) electrons. The average molecular weight is 238 g/mol. The standard InChI is InChI=1S/C11H18N4O2/c1-9-3-2-4-14(5-9)11(17)7-15-6-10(8-16)12-13-15/h6,9,16H,2-5,7-8H2,1H3. The number of rotatable bonds is 3. The Morgan fingerprint density at radius 2 is 2.47 bits per heavy atom. The highest BCUT2D eigenvalue weighted by Gasteiger charge is 2.21. The molecule has 1 aliphatic heterocycles. The van der Waals surface area contributed by atoms with Crippen molar-refractivity contribution in [2.24, 2.45) is 5.92 Å². The van der Waals surface area contributed by atoms with Crippen LogP contribution in [0, 0.1) is 5.92 Å². The molecule has 1 amide bonds. The van der Waals surface area contributed by atoms with Crippen molar-refractivity contribution in [3.63, 3.8) is 0 Å². The molecule has 0 spiro atoms. The van der Waals surface area contributed by atoms with Crippen LogP contribution in [-0.2, 0) is 17.9 Å². The molecule has 1 N–H and O–H groups in total. The van der Waals surface area contributed by atoms with Crippen LogP contribution in [0.15, 0.2) is 6.20 Å². The Kier molecular flexibility index (Phi) is 3.73. The second-order valence-electron chi connectivity index (χ2n) is 4.65. The molecule has 0 aromatic carbocycles. The van der Waals surface area contributed by atoms with Crippen molar-refractivity contribution >= 4 is 5.91 Å². The summed E-state index contributed by atoms with van der Waals surface area (Å²) in [4.78, 5) is 13.9. The molecule has 1 unspecified atom stereocenters. The van der Waals surface area contributed by atoms with Crippen molar-refractivity contribution < 1.29 is 9.90 Å². The number of aliphatic hydroxyl groups excluding tert-OH is 1. The smallest absolute Gasteiger partial charge is 0.244 e. The van der Waals surface area contributed by atoms with Crippen LogP contribution in [-0.4, -0.2) is 44.0 Å². The molecule has 0 aliphatic carbocycles. The average Bonchev–Trinajstić information content (AvgIpc) is 2.77. The number of nitrogens with zero attached hydrogens (tertiary/aromatic N) is 4. The normalized spacial score (nSPS) is 20.6. The number of aliphatic hydroxyl groups is 1. The fraction of sp³-hybridized carbons (Fsp3) is 0.727. The van der Waals surface area contributed by atoms with Gasteiger partial charge in [0.15, 0.2) is 0 Å². The van der Waals surface area contributed by atoms with E-state index in [0.717, 1.165) is 19.5 Å². The van der Waals surface area contributed by atoms with E-state index in [4.69, 9.17) is 5.11 Å². The molecule has 94 valence electrons. The Balaban J connectivity index is 1.91. The maximum Gasteiger partial charge on any atom is 0.244 e. The van der Waals surface area contributed by atoms with Gasteiger partial charge in [-0.1, -0.05) is 12.1 Å². The topological polar surface area (TPSA) is 71.2 Å². The first-order valence-electron chi connectivity index (χ1n) is 5.96. The molecule has 6 heteroatoms. The summed E-state index contributed by atoms with van der Waals surface area (Å²) in [6.45, 7) is 3.90. The fourth-order valence-corrected chi connectivity index (χ4v) is 2.14. The van der Waals surface area contributed by atoms with Gasteiger partial charge in [0.2, 0.25) is 5.91 Å². The van der Waals surface area contributed by atoms with Gasteiger partial charge in [-0.15, -0.1) is 5.10 Å². The van der Waals surface area contributed by atoms with Gasteiger partial charge in [-0.3, -0.25) is 4.79 Å². The first-order valence-corrected chi connectivity index (χ1v) is 5.96. The zero-order valence-electron chi connectivity index (χ0n) is 10.0. The van der Waals surface area contributed by atoms with Gasteiger partial charge in [0.25, 0.3) is 0 Å². The third-order valence-corrected chi connectivity index (χ3v) is 3.06. The molecule has 1 aromatic heterocycles. The molecule has 1 atom stereocenters. The molecule has 2 heterocycles. The summed E-state index contributed by atoms with van der Waals surface area (Å²) in [5.74, 6) is 0.655. The zero-order chi connectivity index (χ0) is 12.3. The van der Waals surface area contributed by atoms with Gasteiger partial charge in [0.1, 0.15) is 12.2 Å². The van der Waals surface area contributed by atoms with Crippen molar-refractivity contribution in [1.29, 1.82) is 0 Å². The summed E-state index contributed by atoms with van der Waals surface area (Å²) in [6.07, 6.45) is 3.87. The number of likely N-dealkylation sites (tertiary alicyclic amines) is 1. The van der Waals surface area contributed by atoms with Gasteiger partial charge >= 0.3 is 0 Å². The number of aromatic nitrogens is 3. The van der Waals surface area contributed by atoms with E-state index in [1.807, 2.05) is 4.90 Å². The molecule has 1 fully saturated rings. The highest BCUT2D eigenvalue weighted by molar-refractivity contribution is 5.76. The van der Waals surface area contributed by atoms with Crippen LogP contribution in [0.3, 0.4) is 0 Å². The third-order valence-electron chi connectivity index (χ3n) is 3.06. The van der Waals surface area contributed by atoms with Crippen LogP contribution < -0.4 is 0 Å². The first-order chi connectivity index (χ1) is 8.19. The van der Waals surface area contributed by atoms with Crippen LogP contribution in [0.4, 0.5) is 0 Å². The van der Waals surface area contributed by atoms with E-state index in [-0.39, 0.29) is 19.1 Å². The highest BCUT2D eigenvalue weighted by atomic mass is 16.3. The van der Waals surface area contributed by atoms with Crippen molar-refractivity contribution in [3.05, 3.63) is 11.9 Å². The SMILES string of the molecule is CC1CCCN(C(=O)Cn2cc(CO)nn2)C1. The van der Waals surface area contributed by atoms with E-state index >= 15 is 0 Å². The Bertz CT molecular complexity index is 391. The van der Waals surface area contributed by atoms with Crippen molar-refractivity contribution in [3.8, 4) is 0 Å². The maximum atomic E-state index is 12.0. The summed E-state index contributed by atoms with van der Waals surface area (Å²) in [5.41, 5.74) is 0.491. The predicted octanol–water partition coefficient (Wildman–Crippen LogP) is 0.0289. The van der Waals surface area contributed by atoms with Crippen molar-refractivity contribution in [2.45, 2.75) is 32.9 Å². The number of piperidine rings is 1. The zero-order valence-corrected chi connectivity index (χ0v) is 10.0. The Morgan fingerprint density at radius 3 is 3.12 bits per heavy atom.